The van der Waals surface area contributed by atoms with Gasteiger partial charge in [0.2, 0.25) is 0 Å². The van der Waals surface area contributed by atoms with Crippen LogP contribution in [0.4, 0.5) is 34.5 Å². The molecule has 1 aromatic carbocycles. The third-order valence-corrected chi connectivity index (χ3v) is 16.3. The summed E-state index contributed by atoms with van der Waals surface area (Å²) < 4.78 is 111. The molecule has 4 heterocycles. The van der Waals surface area contributed by atoms with Gasteiger partial charge in [0, 0.05) is 51.7 Å². The van der Waals surface area contributed by atoms with Crippen LogP contribution < -0.4 is 31.9 Å². The Morgan fingerprint density at radius 3 is 1.36 bits per heavy atom. The molecular weight excluding hydrogens is 1570 g/mol. The predicted octanol–water partition coefficient (Wildman–Crippen LogP) is 6.41. The molecular formula is C73H109N13O32. The summed E-state index contributed by atoms with van der Waals surface area (Å²) in [4.78, 5) is 180. The summed E-state index contributed by atoms with van der Waals surface area (Å²) in [5.41, 5.74) is 2.63. The molecule has 6 amide bonds. The first kappa shape index (κ1) is 96.1. The zero-order valence-electron chi connectivity index (χ0n) is 70.1. The molecule has 1 saturated carbocycles. The molecule has 6 rings (SSSR count). The number of ether oxygens (including phenoxy) is 18. The van der Waals surface area contributed by atoms with Crippen molar-refractivity contribution < 1.29 is 148 Å². The number of aromatic nitrogens is 3. The van der Waals surface area contributed by atoms with Crippen LogP contribution in [0.2, 0.25) is 0 Å². The van der Waals surface area contributed by atoms with Crippen LogP contribution in [-0.4, -0.2) is 256 Å². The molecule has 3 aliphatic heterocycles. The molecule has 0 unspecified atom stereocenters. The Bertz CT molecular complexity index is 3950. The lowest BCUT2D eigenvalue weighted by molar-refractivity contribution is -0.384. The number of amides is 6. The topological polar surface area (TPSA) is 566 Å². The number of carbonyl (C=O) groups is 12. The van der Waals surface area contributed by atoms with Gasteiger partial charge in [-0.15, -0.1) is 5.10 Å². The molecule has 0 spiro atoms. The van der Waals surface area contributed by atoms with E-state index in [2.05, 4.69) is 52.2 Å². The van der Waals surface area contributed by atoms with Gasteiger partial charge in [0.1, 0.15) is 107 Å². The first-order valence-electron chi connectivity index (χ1n) is 37.5. The highest BCUT2D eigenvalue weighted by Crippen LogP contribution is 2.41. The van der Waals surface area contributed by atoms with Gasteiger partial charge in [-0.2, -0.15) is 0 Å². The Kier molecular flexibility index (Phi) is 32.7. The average Bonchev–Trinajstić information content (AvgIpc) is 1.46. The minimum Gasteiger partial charge on any atom is -0.463 e. The summed E-state index contributed by atoms with van der Waals surface area (Å²) in [5, 5.41) is 39.7. The van der Waals surface area contributed by atoms with Gasteiger partial charge in [0.15, 0.2) is 43.3 Å². The maximum Gasteiger partial charge on any atom is 0.408 e. The summed E-state index contributed by atoms with van der Waals surface area (Å²) in [6.45, 7) is 29.6. The van der Waals surface area contributed by atoms with E-state index >= 15 is 0 Å². The van der Waals surface area contributed by atoms with Crippen LogP contribution in [0.15, 0.2) is 35.6 Å². The minimum absolute atomic E-state index is 0.104. The quantitative estimate of drug-likeness (QED) is 0.0113. The molecule has 45 nitrogen and oxygen atoms in total. The first-order valence-corrected chi connectivity index (χ1v) is 37.5. The lowest BCUT2D eigenvalue weighted by Crippen LogP contribution is -2.71. The number of rotatable bonds is 26. The van der Waals surface area contributed by atoms with Crippen LogP contribution >= 0.6 is 0 Å². The number of non-ortho nitro benzene ring substituents is 1. The van der Waals surface area contributed by atoms with Gasteiger partial charge in [0.25, 0.3) is 5.69 Å². The number of hydrogen-bond acceptors (Lipinski definition) is 35. The maximum atomic E-state index is 14.6. The lowest BCUT2D eigenvalue weighted by Gasteiger charge is -2.50. The predicted molar refractivity (Wildman–Crippen MR) is 399 cm³/mol. The van der Waals surface area contributed by atoms with Crippen molar-refractivity contribution in [2.24, 2.45) is 5.11 Å². The van der Waals surface area contributed by atoms with E-state index in [1.807, 2.05) is 0 Å². The summed E-state index contributed by atoms with van der Waals surface area (Å²) in [7, 11) is 0. The number of carbonyl (C=O) groups excluding carboxylic acids is 12. The number of nitrogens with one attached hydrogen (secondary N) is 6. The molecule has 0 bridgehead atoms. The molecule has 6 N–H and O–H groups in total. The van der Waals surface area contributed by atoms with Gasteiger partial charge < -0.3 is 117 Å². The number of alkyl carbamates (subject to hydrolysis) is 6. The summed E-state index contributed by atoms with van der Waals surface area (Å²) in [5.74, 6) is -6.10. The summed E-state index contributed by atoms with van der Waals surface area (Å²) in [6.07, 6.45) is -31.6. The van der Waals surface area contributed by atoms with E-state index in [1.54, 1.807) is 41.5 Å². The maximum absolute atomic E-state index is 14.6. The molecule has 4 fully saturated rings. The van der Waals surface area contributed by atoms with Crippen molar-refractivity contribution >= 4 is 78.1 Å². The van der Waals surface area contributed by atoms with Crippen molar-refractivity contribution in [1.29, 1.82) is 0 Å². The van der Waals surface area contributed by atoms with Crippen molar-refractivity contribution in [3.8, 4) is 0 Å². The largest absolute Gasteiger partial charge is 0.463 e. The number of nitro groups is 1. The van der Waals surface area contributed by atoms with E-state index in [-0.39, 0.29) is 16.9 Å². The molecule has 45 heteroatoms. The number of esters is 6. The second kappa shape index (κ2) is 40.1. The molecule has 1 aromatic heterocycles. The zero-order chi connectivity index (χ0) is 88.7. The normalized spacial score (nSPS) is 26.6. The van der Waals surface area contributed by atoms with Crippen molar-refractivity contribution in [3.05, 3.63) is 62.3 Å². The van der Waals surface area contributed by atoms with Crippen LogP contribution in [0.25, 0.3) is 10.4 Å². The first-order chi connectivity index (χ1) is 54.4. The van der Waals surface area contributed by atoms with Gasteiger partial charge in [-0.1, -0.05) is 10.3 Å². The number of nitro benzene ring substituents is 1. The smallest absolute Gasteiger partial charge is 0.408 e. The third-order valence-electron chi connectivity index (χ3n) is 16.3. The summed E-state index contributed by atoms with van der Waals surface area (Å²) >= 11 is 0. The lowest BCUT2D eigenvalue weighted by atomic mass is 9.81. The Labute approximate surface area is 679 Å². The second-order valence-corrected chi connectivity index (χ2v) is 33.6. The Balaban J connectivity index is 1.66. The highest BCUT2D eigenvalue weighted by atomic mass is 16.8. The van der Waals surface area contributed by atoms with Crippen LogP contribution in [0.3, 0.4) is 0 Å². The average molecular weight is 1680 g/mol. The van der Waals surface area contributed by atoms with Crippen molar-refractivity contribution in [2.75, 3.05) is 19.7 Å². The molecule has 4 aliphatic rings. The van der Waals surface area contributed by atoms with Crippen molar-refractivity contribution in [2.45, 2.75) is 322 Å². The van der Waals surface area contributed by atoms with Gasteiger partial charge in [-0.25, -0.2) is 38.2 Å². The Morgan fingerprint density at radius 2 is 0.898 bits per heavy atom. The van der Waals surface area contributed by atoms with E-state index in [0.29, 0.717) is 0 Å². The van der Waals surface area contributed by atoms with Crippen molar-refractivity contribution in [3.63, 3.8) is 0 Å². The number of hydrogen-bond donors (Lipinski definition) is 6. The van der Waals surface area contributed by atoms with E-state index in [9.17, 15) is 73.2 Å². The number of azide groups is 1. The summed E-state index contributed by atoms with van der Waals surface area (Å²) in [6, 6.07) is -6.16. The fraction of sp³-hybridized carbons (Fsp3) is 0.726. The van der Waals surface area contributed by atoms with Crippen molar-refractivity contribution in [1.82, 2.24) is 46.9 Å². The molecule has 1 aliphatic carbocycles. The van der Waals surface area contributed by atoms with Gasteiger partial charge >= 0.3 is 72.4 Å². The highest BCUT2D eigenvalue weighted by molar-refractivity contribution is 5.89. The van der Waals surface area contributed by atoms with E-state index in [1.165, 1.54) is 89.3 Å². The monoisotopic (exact) mass is 1680 g/mol. The van der Waals surface area contributed by atoms with Crippen LogP contribution in [0.1, 0.15) is 188 Å². The van der Waals surface area contributed by atoms with Crippen LogP contribution in [0.5, 0.6) is 0 Å². The van der Waals surface area contributed by atoms with E-state index in [0.717, 1.165) is 63.6 Å². The molecule has 658 valence electrons. The Hall–Kier alpha value is -10.7. The molecule has 19 atom stereocenters. The molecule has 0 radical (unpaired) electrons. The number of nitrogens with zero attached hydrogens (tertiary/aromatic N) is 7. The van der Waals surface area contributed by atoms with E-state index < -0.39 is 260 Å². The fourth-order valence-electron chi connectivity index (χ4n) is 12.4. The molecule has 2 aromatic rings. The third kappa shape index (κ3) is 30.6. The van der Waals surface area contributed by atoms with Gasteiger partial charge in [0.05, 0.1) is 47.9 Å². The highest BCUT2D eigenvalue weighted by Gasteiger charge is 2.61. The molecule has 3 saturated heterocycles. The van der Waals surface area contributed by atoms with Gasteiger partial charge in [-0.05, 0) is 149 Å². The zero-order valence-corrected chi connectivity index (χ0v) is 70.1. The standard InChI is InChI=1S/C73H109N13O32/c1-34(87)101-33-46-54(111-59-48(79-66(97)117-72(18,19)20)50(52(103-35(2)88)44(107-59)29-75-62(93)113-68(6,7)8)85-31-40(81-84-85)32-102-58(92)39-24-26-41(27-25-39)86(99)100)57(106-38(5)91)61(109-46)112-55-47(78-65(96)116-71(15,16)17)42(82-83-74)28-43(77-64(95)115-70(12,13)14)51(55)110-60-49(80-67(98)118-73(21,22)23)56(105-37(4)90)53(104-36(3)89)45(108-60)30-76-63(94)114-69(9,10)11/h24-27,31,42-57,59-61H,28-30,32-33H2,1-23H3,(H,75,93)(H,76,94)(H,77,95)(H,78,96)(H,79,97)(H,80,98)/t42-,43-,44-,45+,46+,47+,48+,49+,50+,51+,52+,53+,54+,55+,56+,57+,59+,60+,61-/m0/s1. The van der Waals surface area contributed by atoms with Crippen LogP contribution in [0, 0.1) is 10.1 Å². The second-order valence-electron chi connectivity index (χ2n) is 33.6. The van der Waals surface area contributed by atoms with Crippen LogP contribution in [-0.2, 0) is 116 Å². The SMILES string of the molecule is CC(=O)OC[C@H]1O[C@@H](O[C@@H]2[C@H](NC(=O)OC(C)(C)C)[C@@H](N=[N+]=[N-])C[C@H](NC(=O)OC(C)(C)C)[C@H]2O[C@H]2O[C@H](CNC(=O)OC(C)(C)C)[C@@H](OC(C)=O)[C@H](OC(C)=O)[C@H]2NC(=O)OC(C)(C)C)[C@H](OC(C)=O)[C@@H]1O[C@H]1O[C@@H](CNC(=O)OC(C)(C)C)[C@@H](OC(C)=O)[C@H](n2cc(COC(=O)c3ccc([N+](=O)[O-])cc3)nn2)[C@H]1NC(=O)OC(C)(C)C. The van der Waals surface area contributed by atoms with E-state index in [4.69, 9.17) is 85.3 Å². The minimum atomic E-state index is -2.22. The van der Waals surface area contributed by atoms with Gasteiger partial charge in [-0.3, -0.25) is 34.1 Å². The fourth-order valence-corrected chi connectivity index (χ4v) is 12.4. The Morgan fingerprint density at radius 1 is 0.492 bits per heavy atom. The molecule has 118 heavy (non-hydrogen) atoms. The number of benzene rings is 1.